The van der Waals surface area contributed by atoms with Crippen LogP contribution < -0.4 is 4.74 Å². The topological polar surface area (TPSA) is 46.5 Å². The number of carboxylic acid groups (broad SMARTS) is 1. The van der Waals surface area contributed by atoms with Crippen LogP contribution in [0.4, 0.5) is 0 Å². The van der Waals surface area contributed by atoms with Crippen LogP contribution in [-0.4, -0.2) is 17.7 Å². The number of ether oxygens (including phenoxy) is 1. The van der Waals surface area contributed by atoms with Gasteiger partial charge in [-0.3, -0.25) is 0 Å². The zero-order valence-electron chi connectivity index (χ0n) is 10.9. The second-order valence-corrected chi connectivity index (χ2v) is 5.43. The molecule has 0 saturated heterocycles. The first-order valence-electron chi connectivity index (χ1n) is 6.05. The van der Waals surface area contributed by atoms with Crippen molar-refractivity contribution < 1.29 is 14.6 Å². The van der Waals surface area contributed by atoms with E-state index in [2.05, 4.69) is 20.8 Å². The Hall–Kier alpha value is -1.22. The highest BCUT2D eigenvalue weighted by Gasteiger charge is 2.13. The number of carboxylic acids is 1. The van der Waals surface area contributed by atoms with Gasteiger partial charge in [-0.05, 0) is 36.5 Å². The molecule has 3 nitrogen and oxygen atoms in total. The molecule has 100 valence electrons. The molecule has 0 aliphatic carbocycles. The van der Waals surface area contributed by atoms with Crippen LogP contribution in [0.15, 0.2) is 18.2 Å². The highest BCUT2D eigenvalue weighted by Crippen LogP contribution is 2.24. The van der Waals surface area contributed by atoms with Gasteiger partial charge in [0.2, 0.25) is 0 Å². The number of rotatable bonds is 6. The smallest absolute Gasteiger partial charge is 0.339 e. The van der Waals surface area contributed by atoms with Crippen molar-refractivity contribution in [1.29, 1.82) is 0 Å². The first-order valence-corrected chi connectivity index (χ1v) is 6.43. The van der Waals surface area contributed by atoms with Gasteiger partial charge in [-0.1, -0.05) is 32.4 Å². The lowest BCUT2D eigenvalue weighted by Gasteiger charge is -2.16. The van der Waals surface area contributed by atoms with E-state index in [0.29, 0.717) is 29.2 Å². The molecular weight excluding hydrogens is 252 g/mol. The lowest BCUT2D eigenvalue weighted by molar-refractivity contribution is 0.0691. The average Bonchev–Trinajstić information content (AvgIpc) is 2.25. The van der Waals surface area contributed by atoms with Gasteiger partial charge in [-0.25, -0.2) is 4.79 Å². The first kappa shape index (κ1) is 14.8. The van der Waals surface area contributed by atoms with Gasteiger partial charge in [0.05, 0.1) is 6.61 Å². The van der Waals surface area contributed by atoms with Crippen LogP contribution in [0.1, 0.15) is 37.6 Å². The molecule has 18 heavy (non-hydrogen) atoms. The quantitative estimate of drug-likeness (QED) is 0.846. The van der Waals surface area contributed by atoms with Gasteiger partial charge < -0.3 is 9.84 Å². The van der Waals surface area contributed by atoms with E-state index in [1.54, 1.807) is 12.1 Å². The van der Waals surface area contributed by atoms with E-state index >= 15 is 0 Å². The molecule has 0 amide bonds. The molecule has 1 rings (SSSR count). The predicted molar refractivity (Wildman–Crippen MR) is 72.5 cm³/mol. The minimum Gasteiger partial charge on any atom is -0.492 e. The Kier molecular flexibility index (Phi) is 5.48. The lowest BCUT2D eigenvalue weighted by atomic mass is 10.00. The minimum atomic E-state index is -1.00. The maximum absolute atomic E-state index is 11.0. The van der Waals surface area contributed by atoms with Crippen molar-refractivity contribution >= 4 is 17.6 Å². The molecule has 1 N–H and O–H groups in total. The van der Waals surface area contributed by atoms with Gasteiger partial charge in [0, 0.05) is 5.02 Å². The van der Waals surface area contributed by atoms with Crippen molar-refractivity contribution in [2.75, 3.05) is 6.61 Å². The molecule has 0 aromatic heterocycles. The van der Waals surface area contributed by atoms with Gasteiger partial charge in [0.1, 0.15) is 11.3 Å². The van der Waals surface area contributed by atoms with Crippen molar-refractivity contribution in [3.8, 4) is 5.75 Å². The van der Waals surface area contributed by atoms with Gasteiger partial charge in [-0.15, -0.1) is 0 Å². The van der Waals surface area contributed by atoms with Crippen LogP contribution in [0.5, 0.6) is 5.75 Å². The predicted octanol–water partition coefficient (Wildman–Crippen LogP) is 4.10. The molecule has 0 aliphatic heterocycles. The number of benzene rings is 1. The van der Waals surface area contributed by atoms with E-state index in [9.17, 15) is 4.79 Å². The maximum Gasteiger partial charge on any atom is 0.339 e. The molecule has 1 aromatic rings. The summed E-state index contributed by atoms with van der Waals surface area (Å²) in [5, 5.41) is 9.52. The molecule has 1 unspecified atom stereocenters. The Bertz CT molecular complexity index is 416. The van der Waals surface area contributed by atoms with Crippen LogP contribution in [0.3, 0.4) is 0 Å². The Morgan fingerprint density at radius 1 is 1.39 bits per heavy atom. The molecule has 0 saturated carbocycles. The fraction of sp³-hybridized carbons (Fsp3) is 0.500. The van der Waals surface area contributed by atoms with Crippen LogP contribution in [0, 0.1) is 11.8 Å². The Morgan fingerprint density at radius 3 is 2.61 bits per heavy atom. The van der Waals surface area contributed by atoms with E-state index in [-0.39, 0.29) is 5.56 Å². The van der Waals surface area contributed by atoms with Gasteiger partial charge in [0.25, 0.3) is 0 Å². The monoisotopic (exact) mass is 270 g/mol. The number of hydrogen-bond acceptors (Lipinski definition) is 2. The lowest BCUT2D eigenvalue weighted by Crippen LogP contribution is -2.12. The molecule has 0 spiro atoms. The molecular formula is C14H19ClO3. The van der Waals surface area contributed by atoms with Gasteiger partial charge in [0.15, 0.2) is 0 Å². The van der Waals surface area contributed by atoms with Crippen LogP contribution in [0.25, 0.3) is 0 Å². The summed E-state index contributed by atoms with van der Waals surface area (Å²) in [6, 6.07) is 4.57. The number of halogens is 1. The van der Waals surface area contributed by atoms with Crippen molar-refractivity contribution in [1.82, 2.24) is 0 Å². The number of hydrogen-bond donors (Lipinski definition) is 1. The van der Waals surface area contributed by atoms with E-state index in [1.807, 2.05) is 0 Å². The third-order valence-corrected chi connectivity index (χ3v) is 2.81. The Labute approximate surface area is 113 Å². The first-order chi connectivity index (χ1) is 8.40. The second kappa shape index (κ2) is 6.64. The van der Waals surface area contributed by atoms with E-state index in [4.69, 9.17) is 21.4 Å². The molecule has 0 heterocycles. The summed E-state index contributed by atoms with van der Waals surface area (Å²) in [5.41, 5.74) is 0.149. The standard InChI is InChI=1S/C14H19ClO3/c1-9(2)6-10(3)8-18-13-7-11(15)4-5-12(13)14(16)17/h4-5,7,9-10H,6,8H2,1-3H3,(H,16,17). The summed E-state index contributed by atoms with van der Waals surface area (Å²) < 4.78 is 5.58. The summed E-state index contributed by atoms with van der Waals surface area (Å²) in [6.07, 6.45) is 1.04. The highest BCUT2D eigenvalue weighted by molar-refractivity contribution is 6.30. The summed E-state index contributed by atoms with van der Waals surface area (Å²) in [6.45, 7) is 6.89. The van der Waals surface area contributed by atoms with Crippen LogP contribution in [-0.2, 0) is 0 Å². The normalized spacial score (nSPS) is 12.5. The zero-order valence-corrected chi connectivity index (χ0v) is 11.7. The highest BCUT2D eigenvalue weighted by atomic mass is 35.5. The maximum atomic E-state index is 11.0. The third-order valence-electron chi connectivity index (χ3n) is 2.57. The van der Waals surface area contributed by atoms with Crippen molar-refractivity contribution in [3.63, 3.8) is 0 Å². The Balaban J connectivity index is 2.71. The molecule has 1 aromatic carbocycles. The molecule has 0 aliphatic rings. The summed E-state index contributed by atoms with van der Waals surface area (Å²) in [5.74, 6) is 0.316. The van der Waals surface area contributed by atoms with Crippen molar-refractivity contribution in [3.05, 3.63) is 28.8 Å². The minimum absolute atomic E-state index is 0.149. The zero-order chi connectivity index (χ0) is 13.7. The summed E-state index contributed by atoms with van der Waals surface area (Å²) in [7, 11) is 0. The van der Waals surface area contributed by atoms with Gasteiger partial charge in [-0.2, -0.15) is 0 Å². The summed E-state index contributed by atoms with van der Waals surface area (Å²) in [4.78, 5) is 11.0. The van der Waals surface area contributed by atoms with E-state index < -0.39 is 5.97 Å². The molecule has 0 radical (unpaired) electrons. The molecule has 0 bridgehead atoms. The Morgan fingerprint density at radius 2 is 2.06 bits per heavy atom. The van der Waals surface area contributed by atoms with Crippen LogP contribution >= 0.6 is 11.6 Å². The van der Waals surface area contributed by atoms with E-state index in [1.165, 1.54) is 6.07 Å². The largest absolute Gasteiger partial charge is 0.492 e. The molecule has 4 heteroatoms. The summed E-state index contributed by atoms with van der Waals surface area (Å²) >= 11 is 5.85. The molecule has 1 atom stereocenters. The average molecular weight is 271 g/mol. The van der Waals surface area contributed by atoms with Crippen molar-refractivity contribution in [2.45, 2.75) is 27.2 Å². The fourth-order valence-electron chi connectivity index (χ4n) is 1.90. The molecule has 0 fully saturated rings. The third kappa shape index (κ3) is 4.57. The van der Waals surface area contributed by atoms with E-state index in [0.717, 1.165) is 6.42 Å². The van der Waals surface area contributed by atoms with Crippen molar-refractivity contribution in [2.24, 2.45) is 11.8 Å². The fourth-order valence-corrected chi connectivity index (χ4v) is 2.06. The van der Waals surface area contributed by atoms with Gasteiger partial charge >= 0.3 is 5.97 Å². The SMILES string of the molecule is CC(C)CC(C)COc1cc(Cl)ccc1C(=O)O. The number of carbonyl (C=O) groups is 1. The second-order valence-electron chi connectivity index (χ2n) is 4.99. The number of aromatic carboxylic acids is 1. The van der Waals surface area contributed by atoms with Crippen LogP contribution in [0.2, 0.25) is 5.02 Å².